The third-order valence-electron chi connectivity index (χ3n) is 2.31. The first-order valence-corrected chi connectivity index (χ1v) is 6.09. The number of hydrogen-bond donors (Lipinski definition) is 1. The van der Waals surface area contributed by atoms with Crippen LogP contribution in [0.3, 0.4) is 0 Å². The van der Waals surface area contributed by atoms with Crippen LogP contribution in [0.4, 0.5) is 5.69 Å². The number of aromatic nitrogens is 2. The highest BCUT2D eigenvalue weighted by Crippen LogP contribution is 2.12. The number of halogens is 2. The Morgan fingerprint density at radius 3 is 2.63 bits per heavy atom. The molecule has 19 heavy (non-hydrogen) atoms. The van der Waals surface area contributed by atoms with Gasteiger partial charge < -0.3 is 5.32 Å². The Labute approximate surface area is 118 Å². The molecule has 0 bridgehead atoms. The molecular weight excluding hydrogens is 289 g/mol. The molecule has 0 saturated heterocycles. The fourth-order valence-corrected chi connectivity index (χ4v) is 1.71. The van der Waals surface area contributed by atoms with E-state index in [0.717, 1.165) is 4.57 Å². The van der Waals surface area contributed by atoms with Crippen molar-refractivity contribution in [1.82, 2.24) is 9.55 Å². The van der Waals surface area contributed by atoms with E-state index in [9.17, 15) is 9.59 Å². The van der Waals surface area contributed by atoms with Crippen LogP contribution < -0.4 is 10.9 Å². The van der Waals surface area contributed by atoms with Crippen LogP contribution in [0.1, 0.15) is 0 Å². The maximum atomic E-state index is 11.8. The van der Waals surface area contributed by atoms with Crippen molar-refractivity contribution in [2.24, 2.45) is 0 Å². The van der Waals surface area contributed by atoms with Crippen molar-refractivity contribution < 1.29 is 4.79 Å². The number of benzene rings is 1. The molecule has 1 heterocycles. The average molecular weight is 298 g/mol. The molecule has 1 aromatic carbocycles. The molecule has 1 amide bonds. The Kier molecular flexibility index (Phi) is 4.19. The second kappa shape index (κ2) is 5.86. The Hall–Kier alpha value is -1.85. The predicted octanol–water partition coefficient (Wildman–Crippen LogP) is 2.19. The van der Waals surface area contributed by atoms with Crippen LogP contribution in [-0.4, -0.2) is 15.5 Å². The summed E-state index contributed by atoms with van der Waals surface area (Å²) in [5.41, 5.74) is 0.0958. The summed E-state index contributed by atoms with van der Waals surface area (Å²) in [5, 5.41) is 2.37. The molecule has 2 aromatic rings. The maximum Gasteiger partial charge on any atom is 0.274 e. The van der Waals surface area contributed by atoms with Crippen LogP contribution in [0, 0.1) is 0 Å². The van der Waals surface area contributed by atoms with E-state index in [2.05, 4.69) is 10.3 Å². The summed E-state index contributed by atoms with van der Waals surface area (Å²) in [6, 6.07) is 8.91. The molecule has 0 unspecified atom stereocenters. The van der Waals surface area contributed by atoms with Crippen molar-refractivity contribution in [1.29, 1.82) is 0 Å². The molecule has 0 fully saturated rings. The Balaban J connectivity index is 2.12. The van der Waals surface area contributed by atoms with Crippen LogP contribution >= 0.6 is 23.2 Å². The Bertz CT molecular complexity index is 656. The second-order valence-corrected chi connectivity index (χ2v) is 4.43. The van der Waals surface area contributed by atoms with Crippen LogP contribution in [0.25, 0.3) is 0 Å². The smallest absolute Gasteiger partial charge is 0.274 e. The molecule has 0 aliphatic rings. The second-order valence-electron chi connectivity index (χ2n) is 3.70. The number of nitrogens with one attached hydrogen (secondary N) is 1. The molecule has 0 atom stereocenters. The molecule has 0 aliphatic heterocycles. The van der Waals surface area contributed by atoms with Crippen LogP contribution in [0.15, 0.2) is 41.5 Å². The predicted molar refractivity (Wildman–Crippen MR) is 73.6 cm³/mol. The minimum atomic E-state index is -0.551. The molecule has 0 aliphatic carbocycles. The number of carbonyl (C=O) groups is 1. The number of amides is 1. The van der Waals surface area contributed by atoms with E-state index in [1.165, 1.54) is 6.33 Å². The zero-order valence-electron chi connectivity index (χ0n) is 9.64. The third-order valence-corrected chi connectivity index (χ3v) is 3.04. The monoisotopic (exact) mass is 297 g/mol. The summed E-state index contributed by atoms with van der Waals surface area (Å²) in [7, 11) is 0. The van der Waals surface area contributed by atoms with Crippen LogP contribution in [0.5, 0.6) is 0 Å². The molecular formula is C12H9Cl2N3O2. The van der Waals surface area contributed by atoms with Gasteiger partial charge in [-0.05, 0) is 12.1 Å². The first-order valence-electron chi connectivity index (χ1n) is 5.33. The van der Waals surface area contributed by atoms with E-state index in [1.807, 2.05) is 6.07 Å². The van der Waals surface area contributed by atoms with E-state index in [1.54, 1.807) is 24.3 Å². The van der Waals surface area contributed by atoms with E-state index in [4.69, 9.17) is 23.2 Å². The molecule has 98 valence electrons. The molecule has 1 N–H and O–H groups in total. The molecule has 0 radical (unpaired) electrons. The van der Waals surface area contributed by atoms with Gasteiger partial charge >= 0.3 is 0 Å². The van der Waals surface area contributed by atoms with Crippen molar-refractivity contribution in [3.05, 3.63) is 57.2 Å². The van der Waals surface area contributed by atoms with Gasteiger partial charge in [0.2, 0.25) is 5.91 Å². The number of nitrogens with zero attached hydrogens (tertiary/aromatic N) is 2. The zero-order valence-corrected chi connectivity index (χ0v) is 11.1. The van der Waals surface area contributed by atoms with Crippen molar-refractivity contribution in [2.45, 2.75) is 6.54 Å². The molecule has 7 heteroatoms. The van der Waals surface area contributed by atoms with Crippen LogP contribution in [0.2, 0.25) is 10.2 Å². The lowest BCUT2D eigenvalue weighted by atomic mass is 10.3. The topological polar surface area (TPSA) is 64.0 Å². The van der Waals surface area contributed by atoms with Crippen molar-refractivity contribution in [3.8, 4) is 0 Å². The molecule has 0 spiro atoms. The summed E-state index contributed by atoms with van der Waals surface area (Å²) in [6.07, 6.45) is 1.18. The fraction of sp³-hybridized carbons (Fsp3) is 0.0833. The Morgan fingerprint density at radius 1 is 1.26 bits per heavy atom. The lowest BCUT2D eigenvalue weighted by Gasteiger charge is -2.07. The van der Waals surface area contributed by atoms with Crippen molar-refractivity contribution in [3.63, 3.8) is 0 Å². The zero-order chi connectivity index (χ0) is 13.8. The minimum absolute atomic E-state index is 0.0774. The molecule has 5 nitrogen and oxygen atoms in total. The highest BCUT2D eigenvalue weighted by molar-refractivity contribution is 6.40. The SMILES string of the molecule is O=C(Cn1cnc(Cl)c(Cl)c1=O)Nc1ccccc1. The number of carbonyl (C=O) groups excluding carboxylic acids is 1. The molecule has 1 aromatic heterocycles. The van der Waals surface area contributed by atoms with Crippen molar-refractivity contribution in [2.75, 3.05) is 5.32 Å². The van der Waals surface area contributed by atoms with E-state index < -0.39 is 5.56 Å². The van der Waals surface area contributed by atoms with Gasteiger partial charge in [-0.1, -0.05) is 41.4 Å². The summed E-state index contributed by atoms with van der Waals surface area (Å²) in [4.78, 5) is 27.2. The first-order chi connectivity index (χ1) is 9.08. The third kappa shape index (κ3) is 3.33. The first kappa shape index (κ1) is 13.6. The molecule has 2 rings (SSSR count). The Morgan fingerprint density at radius 2 is 1.95 bits per heavy atom. The summed E-state index contributed by atoms with van der Waals surface area (Å²) in [6.45, 7) is -0.183. The largest absolute Gasteiger partial charge is 0.325 e. The quantitative estimate of drug-likeness (QED) is 0.883. The van der Waals surface area contributed by atoms with E-state index in [-0.39, 0.29) is 22.6 Å². The average Bonchev–Trinajstić information content (AvgIpc) is 2.41. The van der Waals surface area contributed by atoms with Gasteiger partial charge in [0.1, 0.15) is 11.6 Å². The lowest BCUT2D eigenvalue weighted by molar-refractivity contribution is -0.116. The standard InChI is InChI=1S/C12H9Cl2N3O2/c13-10-11(14)15-7-17(12(10)19)6-9(18)16-8-4-2-1-3-5-8/h1-5,7H,6H2,(H,16,18). The fourth-order valence-electron chi connectivity index (χ4n) is 1.43. The number of rotatable bonds is 3. The van der Waals surface area contributed by atoms with Gasteiger partial charge in [0, 0.05) is 5.69 Å². The number of hydrogen-bond acceptors (Lipinski definition) is 3. The lowest BCUT2D eigenvalue weighted by Crippen LogP contribution is -2.28. The maximum absolute atomic E-state index is 11.8. The summed E-state index contributed by atoms with van der Waals surface area (Å²) < 4.78 is 1.09. The highest BCUT2D eigenvalue weighted by atomic mass is 35.5. The summed E-state index contributed by atoms with van der Waals surface area (Å²) >= 11 is 11.3. The van der Waals surface area contributed by atoms with Gasteiger partial charge in [0.25, 0.3) is 5.56 Å². The van der Waals surface area contributed by atoms with Gasteiger partial charge in [-0.2, -0.15) is 0 Å². The van der Waals surface area contributed by atoms with Gasteiger partial charge in [-0.3, -0.25) is 14.2 Å². The van der Waals surface area contributed by atoms with Gasteiger partial charge in [-0.15, -0.1) is 0 Å². The van der Waals surface area contributed by atoms with E-state index in [0.29, 0.717) is 5.69 Å². The van der Waals surface area contributed by atoms with E-state index >= 15 is 0 Å². The van der Waals surface area contributed by atoms with Crippen LogP contribution in [-0.2, 0) is 11.3 Å². The number of para-hydroxylation sites is 1. The minimum Gasteiger partial charge on any atom is -0.325 e. The normalized spacial score (nSPS) is 10.2. The van der Waals surface area contributed by atoms with Gasteiger partial charge in [-0.25, -0.2) is 4.98 Å². The van der Waals surface area contributed by atoms with Gasteiger partial charge in [0.15, 0.2) is 5.15 Å². The summed E-state index contributed by atoms with van der Waals surface area (Å²) in [5.74, 6) is -0.353. The molecule has 0 saturated carbocycles. The highest BCUT2D eigenvalue weighted by Gasteiger charge is 2.10. The van der Waals surface area contributed by atoms with Gasteiger partial charge in [0.05, 0.1) is 6.33 Å². The van der Waals surface area contributed by atoms with Crippen molar-refractivity contribution >= 4 is 34.8 Å². The number of anilines is 1.